The van der Waals surface area contributed by atoms with Gasteiger partial charge in [-0.2, -0.15) is 0 Å². The Labute approximate surface area is 102 Å². The van der Waals surface area contributed by atoms with Gasteiger partial charge in [-0.25, -0.2) is 9.97 Å². The van der Waals surface area contributed by atoms with E-state index in [2.05, 4.69) is 14.9 Å². The molecule has 1 aromatic heterocycles. The molecule has 0 amide bonds. The van der Waals surface area contributed by atoms with Crippen molar-refractivity contribution in [3.8, 4) is 0 Å². The van der Waals surface area contributed by atoms with Crippen molar-refractivity contribution in [2.75, 3.05) is 37.4 Å². The lowest BCUT2D eigenvalue weighted by Crippen LogP contribution is -2.24. The summed E-state index contributed by atoms with van der Waals surface area (Å²) in [6, 6.07) is 0. The molecule has 0 saturated carbocycles. The first-order valence-electron chi connectivity index (χ1n) is 5.96. The van der Waals surface area contributed by atoms with E-state index in [0.29, 0.717) is 11.7 Å². The van der Waals surface area contributed by atoms with Crippen molar-refractivity contribution >= 4 is 11.6 Å². The van der Waals surface area contributed by atoms with Gasteiger partial charge in [-0.1, -0.05) is 0 Å². The molecule has 0 aromatic carbocycles. The fourth-order valence-corrected chi connectivity index (χ4v) is 2.34. The predicted octanol–water partition coefficient (Wildman–Crippen LogP) is 1.15. The number of hydrogen-bond donors (Lipinski definition) is 1. The van der Waals surface area contributed by atoms with Gasteiger partial charge in [0.15, 0.2) is 0 Å². The van der Waals surface area contributed by atoms with Gasteiger partial charge in [0.2, 0.25) is 0 Å². The lowest BCUT2D eigenvalue weighted by atomic mass is 10.1. The number of hydrogen-bond acceptors (Lipinski definition) is 5. The summed E-state index contributed by atoms with van der Waals surface area (Å²) < 4.78 is 5.20. The first kappa shape index (κ1) is 12.1. The maximum Gasteiger partial charge on any atom is 0.137 e. The minimum absolute atomic E-state index is 0.586. The average molecular weight is 236 g/mol. The molecule has 2 N–H and O–H groups in total. The maximum atomic E-state index is 5.88. The lowest BCUT2D eigenvalue weighted by molar-refractivity contribution is 0.161. The standard InChI is InChI=1S/C12H20N4O/c1-8-11(13)14-9(2)15-12(8)16-5-4-10(6-16)7-17-3/h10H,4-7H2,1-3H3,(H2,13,14,15). The van der Waals surface area contributed by atoms with Crippen LogP contribution in [0.2, 0.25) is 0 Å². The second kappa shape index (κ2) is 4.87. The van der Waals surface area contributed by atoms with Crippen LogP contribution in [0.4, 0.5) is 11.6 Å². The number of aryl methyl sites for hydroxylation is 1. The number of nitrogens with two attached hydrogens (primary N) is 1. The summed E-state index contributed by atoms with van der Waals surface area (Å²) in [4.78, 5) is 11.0. The van der Waals surface area contributed by atoms with Gasteiger partial charge in [0.25, 0.3) is 0 Å². The summed E-state index contributed by atoms with van der Waals surface area (Å²) in [5, 5.41) is 0. The molecule has 5 nitrogen and oxygen atoms in total. The highest BCUT2D eigenvalue weighted by atomic mass is 16.5. The summed E-state index contributed by atoms with van der Waals surface area (Å²) in [6.45, 7) is 6.68. The van der Waals surface area contributed by atoms with Crippen LogP contribution in [-0.4, -0.2) is 36.8 Å². The fourth-order valence-electron chi connectivity index (χ4n) is 2.34. The Bertz CT molecular complexity index is 408. The zero-order chi connectivity index (χ0) is 12.4. The zero-order valence-electron chi connectivity index (χ0n) is 10.7. The molecule has 1 aliphatic heterocycles. The average Bonchev–Trinajstić information content (AvgIpc) is 2.72. The molecule has 1 unspecified atom stereocenters. The highest BCUT2D eigenvalue weighted by Crippen LogP contribution is 2.27. The third-order valence-corrected chi connectivity index (χ3v) is 3.26. The second-order valence-corrected chi connectivity index (χ2v) is 4.66. The Hall–Kier alpha value is -1.36. The highest BCUT2D eigenvalue weighted by molar-refractivity contribution is 5.56. The van der Waals surface area contributed by atoms with Crippen LogP contribution in [0, 0.1) is 19.8 Å². The molecule has 1 aliphatic rings. The van der Waals surface area contributed by atoms with E-state index in [-0.39, 0.29) is 0 Å². The summed E-state index contributed by atoms with van der Waals surface area (Å²) >= 11 is 0. The van der Waals surface area contributed by atoms with Crippen LogP contribution in [0.5, 0.6) is 0 Å². The Morgan fingerprint density at radius 1 is 1.41 bits per heavy atom. The van der Waals surface area contributed by atoms with Gasteiger partial charge in [0.1, 0.15) is 17.5 Å². The molecular weight excluding hydrogens is 216 g/mol. The predicted molar refractivity (Wildman–Crippen MR) is 68.1 cm³/mol. The molecule has 1 aromatic rings. The smallest absolute Gasteiger partial charge is 0.137 e. The number of aromatic nitrogens is 2. The molecule has 17 heavy (non-hydrogen) atoms. The number of ether oxygens (including phenoxy) is 1. The van der Waals surface area contributed by atoms with Crippen LogP contribution < -0.4 is 10.6 Å². The summed E-state index contributed by atoms with van der Waals surface area (Å²) in [7, 11) is 1.75. The van der Waals surface area contributed by atoms with Gasteiger partial charge in [-0.3, -0.25) is 0 Å². The molecule has 5 heteroatoms. The molecule has 1 atom stereocenters. The van der Waals surface area contributed by atoms with Crippen molar-refractivity contribution < 1.29 is 4.74 Å². The van der Waals surface area contributed by atoms with E-state index in [9.17, 15) is 0 Å². The topological polar surface area (TPSA) is 64.3 Å². The van der Waals surface area contributed by atoms with Crippen molar-refractivity contribution in [1.29, 1.82) is 0 Å². The molecule has 2 rings (SSSR count). The Morgan fingerprint density at radius 3 is 2.88 bits per heavy atom. The van der Waals surface area contributed by atoms with Crippen LogP contribution >= 0.6 is 0 Å². The zero-order valence-corrected chi connectivity index (χ0v) is 10.7. The van der Waals surface area contributed by atoms with Crippen LogP contribution in [0.1, 0.15) is 17.8 Å². The monoisotopic (exact) mass is 236 g/mol. The number of rotatable bonds is 3. The largest absolute Gasteiger partial charge is 0.384 e. The SMILES string of the molecule is COCC1CCN(c2nc(C)nc(N)c2C)C1. The van der Waals surface area contributed by atoms with Gasteiger partial charge >= 0.3 is 0 Å². The van der Waals surface area contributed by atoms with Crippen LogP contribution in [-0.2, 0) is 4.74 Å². The summed E-state index contributed by atoms with van der Waals surface area (Å²) in [6.07, 6.45) is 1.15. The minimum Gasteiger partial charge on any atom is -0.384 e. The molecule has 1 saturated heterocycles. The van der Waals surface area contributed by atoms with E-state index < -0.39 is 0 Å². The third-order valence-electron chi connectivity index (χ3n) is 3.26. The van der Waals surface area contributed by atoms with Crippen molar-refractivity contribution in [1.82, 2.24) is 9.97 Å². The number of nitrogens with zero attached hydrogens (tertiary/aromatic N) is 3. The Kier molecular flexibility index (Phi) is 3.47. The number of anilines is 2. The van der Waals surface area contributed by atoms with Gasteiger partial charge in [0.05, 0.1) is 6.61 Å². The van der Waals surface area contributed by atoms with E-state index in [1.165, 1.54) is 0 Å². The van der Waals surface area contributed by atoms with E-state index in [1.54, 1.807) is 7.11 Å². The quantitative estimate of drug-likeness (QED) is 0.853. The van der Waals surface area contributed by atoms with E-state index in [0.717, 1.165) is 43.3 Å². The molecular formula is C12H20N4O. The first-order valence-corrected chi connectivity index (χ1v) is 5.96. The van der Waals surface area contributed by atoms with Crippen LogP contribution in [0.25, 0.3) is 0 Å². The summed E-state index contributed by atoms with van der Waals surface area (Å²) in [5.41, 5.74) is 6.86. The molecule has 0 bridgehead atoms. The van der Waals surface area contributed by atoms with Crippen molar-refractivity contribution in [2.24, 2.45) is 5.92 Å². The van der Waals surface area contributed by atoms with Gasteiger partial charge in [-0.15, -0.1) is 0 Å². The minimum atomic E-state index is 0.586. The molecule has 94 valence electrons. The van der Waals surface area contributed by atoms with Crippen molar-refractivity contribution in [2.45, 2.75) is 20.3 Å². The van der Waals surface area contributed by atoms with Crippen molar-refractivity contribution in [3.63, 3.8) is 0 Å². The van der Waals surface area contributed by atoms with Crippen LogP contribution in [0.3, 0.4) is 0 Å². The second-order valence-electron chi connectivity index (χ2n) is 4.66. The highest BCUT2D eigenvalue weighted by Gasteiger charge is 2.25. The van der Waals surface area contributed by atoms with Gasteiger partial charge in [-0.05, 0) is 20.3 Å². The molecule has 0 spiro atoms. The number of methoxy groups -OCH3 is 1. The normalized spacial score (nSPS) is 19.9. The van der Waals surface area contributed by atoms with Gasteiger partial charge in [0, 0.05) is 31.7 Å². The van der Waals surface area contributed by atoms with E-state index >= 15 is 0 Å². The number of nitrogen functional groups attached to an aromatic ring is 1. The van der Waals surface area contributed by atoms with E-state index in [1.807, 2.05) is 13.8 Å². The molecule has 0 aliphatic carbocycles. The van der Waals surface area contributed by atoms with Crippen molar-refractivity contribution in [3.05, 3.63) is 11.4 Å². The molecule has 1 fully saturated rings. The molecule has 0 radical (unpaired) electrons. The lowest BCUT2D eigenvalue weighted by Gasteiger charge is -2.20. The maximum absolute atomic E-state index is 5.88. The van der Waals surface area contributed by atoms with Gasteiger partial charge < -0.3 is 15.4 Å². The first-order chi connectivity index (χ1) is 8.11. The molecule has 2 heterocycles. The van der Waals surface area contributed by atoms with E-state index in [4.69, 9.17) is 10.5 Å². The Morgan fingerprint density at radius 2 is 2.18 bits per heavy atom. The third kappa shape index (κ3) is 2.49. The van der Waals surface area contributed by atoms with Crippen LogP contribution in [0.15, 0.2) is 0 Å². The Balaban J connectivity index is 2.18. The fraction of sp³-hybridized carbons (Fsp3) is 0.667. The summed E-state index contributed by atoms with van der Waals surface area (Å²) in [5.74, 6) is 2.89.